The van der Waals surface area contributed by atoms with Crippen LogP contribution < -0.4 is 9.64 Å². The fourth-order valence-electron chi connectivity index (χ4n) is 3.45. The largest absolute Gasteiger partial charge is 0.494 e. The van der Waals surface area contributed by atoms with Gasteiger partial charge in [-0.1, -0.05) is 0 Å². The van der Waals surface area contributed by atoms with E-state index in [0.29, 0.717) is 5.92 Å². The number of rotatable bonds is 5. The van der Waals surface area contributed by atoms with E-state index in [0.717, 1.165) is 54.4 Å². The maximum Gasteiger partial charge on any atom is 0.151 e. The van der Waals surface area contributed by atoms with Gasteiger partial charge in [-0.3, -0.25) is 0 Å². The minimum atomic E-state index is 0.699. The number of benzene rings is 1. The van der Waals surface area contributed by atoms with Gasteiger partial charge in [0.15, 0.2) is 5.82 Å². The molecule has 0 N–H and O–H groups in total. The monoisotopic (exact) mass is 352 g/mol. The van der Waals surface area contributed by atoms with Crippen molar-refractivity contribution in [3.8, 4) is 5.75 Å². The van der Waals surface area contributed by atoms with Crippen LogP contribution in [0, 0.1) is 12.8 Å². The summed E-state index contributed by atoms with van der Waals surface area (Å²) in [6.07, 6.45) is 3.41. The average molecular weight is 352 g/mol. The Kier molecular flexibility index (Phi) is 4.69. The van der Waals surface area contributed by atoms with Gasteiger partial charge in [-0.05, 0) is 56.4 Å². The quantitative estimate of drug-likeness (QED) is 0.703. The molecule has 0 bridgehead atoms. The zero-order chi connectivity index (χ0) is 17.9. The van der Waals surface area contributed by atoms with E-state index < -0.39 is 0 Å². The van der Waals surface area contributed by atoms with Gasteiger partial charge in [0.1, 0.15) is 16.8 Å². The van der Waals surface area contributed by atoms with Gasteiger partial charge >= 0.3 is 0 Å². The van der Waals surface area contributed by atoms with Gasteiger partial charge in [-0.15, -0.1) is 5.10 Å². The van der Waals surface area contributed by atoms with Crippen molar-refractivity contribution in [1.82, 2.24) is 25.2 Å². The maximum atomic E-state index is 5.94. The molecule has 0 amide bonds. The van der Waals surface area contributed by atoms with Crippen LogP contribution in [-0.2, 0) is 7.05 Å². The van der Waals surface area contributed by atoms with Gasteiger partial charge in [0.25, 0.3) is 0 Å². The topological polar surface area (TPSA) is 69.0 Å². The van der Waals surface area contributed by atoms with E-state index in [4.69, 9.17) is 4.74 Å². The Morgan fingerprint density at radius 3 is 2.62 bits per heavy atom. The number of nitrogens with zero attached hydrogens (tertiary/aromatic N) is 6. The van der Waals surface area contributed by atoms with Crippen LogP contribution in [0.15, 0.2) is 30.3 Å². The Hall–Kier alpha value is -2.70. The Bertz CT molecular complexity index is 867. The highest BCUT2D eigenvalue weighted by Crippen LogP contribution is 2.24. The van der Waals surface area contributed by atoms with E-state index in [9.17, 15) is 0 Å². The number of anilines is 1. The molecule has 7 heteroatoms. The molecular weight excluding hydrogens is 328 g/mol. The summed E-state index contributed by atoms with van der Waals surface area (Å²) in [4.78, 5) is 3.91. The average Bonchev–Trinajstić information content (AvgIpc) is 3.02. The van der Waals surface area contributed by atoms with Gasteiger partial charge < -0.3 is 9.64 Å². The van der Waals surface area contributed by atoms with Gasteiger partial charge in [-0.25, -0.2) is 0 Å². The molecule has 1 saturated heterocycles. The van der Waals surface area contributed by atoms with E-state index in [1.54, 1.807) is 4.80 Å². The molecule has 0 aliphatic carbocycles. The van der Waals surface area contributed by atoms with Crippen molar-refractivity contribution in [3.05, 3.63) is 36.0 Å². The summed E-state index contributed by atoms with van der Waals surface area (Å²) >= 11 is 0. The summed E-state index contributed by atoms with van der Waals surface area (Å²) in [5.74, 6) is 2.55. The van der Waals surface area contributed by atoms with Gasteiger partial charge in [0.05, 0.1) is 12.3 Å². The first-order valence-corrected chi connectivity index (χ1v) is 9.16. The molecule has 4 rings (SSSR count). The van der Waals surface area contributed by atoms with Crippen molar-refractivity contribution in [1.29, 1.82) is 0 Å². The van der Waals surface area contributed by atoms with Gasteiger partial charge in [-0.2, -0.15) is 20.1 Å². The van der Waals surface area contributed by atoms with Crippen molar-refractivity contribution < 1.29 is 4.74 Å². The predicted molar refractivity (Wildman–Crippen MR) is 100 cm³/mol. The number of hydrogen-bond acceptors (Lipinski definition) is 6. The third kappa shape index (κ3) is 3.76. The third-order valence-corrected chi connectivity index (χ3v) is 4.97. The van der Waals surface area contributed by atoms with Crippen LogP contribution >= 0.6 is 0 Å². The van der Waals surface area contributed by atoms with E-state index in [2.05, 4.69) is 31.4 Å². The number of hydrogen-bond donors (Lipinski definition) is 0. The molecule has 1 aliphatic heterocycles. The summed E-state index contributed by atoms with van der Waals surface area (Å²) < 4.78 is 5.94. The Morgan fingerprint density at radius 1 is 1.04 bits per heavy atom. The number of piperidine rings is 1. The summed E-state index contributed by atoms with van der Waals surface area (Å²) in [7, 11) is 1.83. The minimum absolute atomic E-state index is 0.699. The van der Waals surface area contributed by atoms with Gasteiger partial charge in [0, 0.05) is 26.2 Å². The lowest BCUT2D eigenvalue weighted by atomic mass is 9.94. The van der Waals surface area contributed by atoms with Crippen LogP contribution in [0.25, 0.3) is 11.0 Å². The molecule has 7 nitrogen and oxygen atoms in total. The molecule has 2 aromatic heterocycles. The van der Waals surface area contributed by atoms with Crippen molar-refractivity contribution in [2.45, 2.75) is 26.2 Å². The smallest absolute Gasteiger partial charge is 0.151 e. The van der Waals surface area contributed by atoms with E-state index >= 15 is 0 Å². The van der Waals surface area contributed by atoms with Crippen LogP contribution in [0.1, 0.15) is 25.0 Å². The molecule has 26 heavy (non-hydrogen) atoms. The second-order valence-corrected chi connectivity index (χ2v) is 6.94. The summed E-state index contributed by atoms with van der Waals surface area (Å²) in [5.41, 5.74) is 2.73. The normalized spacial score (nSPS) is 15.5. The molecule has 0 unspecified atom stereocenters. The molecule has 1 aliphatic rings. The zero-order valence-electron chi connectivity index (χ0n) is 15.3. The molecule has 1 fully saturated rings. The van der Waals surface area contributed by atoms with E-state index in [-0.39, 0.29) is 0 Å². The van der Waals surface area contributed by atoms with Crippen molar-refractivity contribution in [3.63, 3.8) is 0 Å². The fraction of sp³-hybridized carbons (Fsp3) is 0.474. The molecule has 136 valence electrons. The van der Waals surface area contributed by atoms with Crippen molar-refractivity contribution >= 4 is 16.9 Å². The highest BCUT2D eigenvalue weighted by atomic mass is 16.5. The lowest BCUT2D eigenvalue weighted by molar-refractivity contribution is 0.258. The first-order valence-electron chi connectivity index (χ1n) is 9.16. The highest BCUT2D eigenvalue weighted by Gasteiger charge is 2.20. The van der Waals surface area contributed by atoms with Gasteiger partial charge in [0.2, 0.25) is 0 Å². The van der Waals surface area contributed by atoms with Crippen LogP contribution in [0.5, 0.6) is 5.75 Å². The summed E-state index contributed by atoms with van der Waals surface area (Å²) in [6.45, 7) is 4.77. The first-order chi connectivity index (χ1) is 12.7. The number of ether oxygens (including phenoxy) is 1. The molecule has 3 aromatic rings. The second-order valence-electron chi connectivity index (χ2n) is 6.94. The zero-order valence-corrected chi connectivity index (χ0v) is 15.3. The summed E-state index contributed by atoms with van der Waals surface area (Å²) in [6, 6.07) is 9.97. The predicted octanol–water partition coefficient (Wildman–Crippen LogP) is 2.75. The van der Waals surface area contributed by atoms with Crippen molar-refractivity contribution in [2.75, 3.05) is 24.6 Å². The number of fused-ring (bicyclic) bond motifs is 1. The second kappa shape index (κ2) is 7.27. The van der Waals surface area contributed by atoms with Crippen molar-refractivity contribution in [2.24, 2.45) is 13.0 Å². The van der Waals surface area contributed by atoms with Crippen LogP contribution in [0.4, 0.5) is 5.82 Å². The maximum absolute atomic E-state index is 5.94. The Balaban J connectivity index is 1.24. The lowest BCUT2D eigenvalue weighted by Gasteiger charge is -2.32. The van der Waals surface area contributed by atoms with E-state index in [1.165, 1.54) is 12.8 Å². The van der Waals surface area contributed by atoms with E-state index in [1.807, 2.05) is 38.2 Å². The molecule has 1 aromatic carbocycles. The molecule has 0 radical (unpaired) electrons. The lowest BCUT2D eigenvalue weighted by Crippen LogP contribution is -2.34. The highest BCUT2D eigenvalue weighted by molar-refractivity contribution is 5.75. The standard InChI is InChI=1S/C19H24N6O/c1-14-3-6-19(21-20-14)25-10-7-15(8-11-25)9-12-26-16-4-5-17-18(13-16)23-24(2)22-17/h3-6,13,15H,7-12H2,1-2H3. The SMILES string of the molecule is Cc1ccc(N2CCC(CCOc3ccc4nn(C)nc4c3)CC2)nn1. The number of aryl methyl sites for hydroxylation is 2. The molecule has 3 heterocycles. The molecule has 0 spiro atoms. The van der Waals surface area contributed by atoms with Crippen LogP contribution in [0.2, 0.25) is 0 Å². The molecular formula is C19H24N6O. The van der Waals surface area contributed by atoms with Crippen LogP contribution in [0.3, 0.4) is 0 Å². The fourth-order valence-corrected chi connectivity index (χ4v) is 3.45. The molecule has 0 atom stereocenters. The third-order valence-electron chi connectivity index (χ3n) is 4.97. The number of aromatic nitrogens is 5. The first kappa shape index (κ1) is 16.8. The van der Waals surface area contributed by atoms with Crippen LogP contribution in [-0.4, -0.2) is 44.9 Å². The molecule has 0 saturated carbocycles. The Morgan fingerprint density at radius 2 is 1.85 bits per heavy atom. The Labute approximate surface area is 153 Å². The minimum Gasteiger partial charge on any atom is -0.494 e. The summed E-state index contributed by atoms with van der Waals surface area (Å²) in [5, 5.41) is 17.1.